The smallest absolute Gasteiger partial charge is 0.306 e. The van der Waals surface area contributed by atoms with E-state index in [0.717, 1.165) is 0 Å². The quantitative estimate of drug-likeness (QED) is 0.748. The van der Waals surface area contributed by atoms with Gasteiger partial charge in [-0.05, 0) is 25.7 Å². The summed E-state index contributed by atoms with van der Waals surface area (Å²) in [6.45, 7) is -0.0542. The summed E-state index contributed by atoms with van der Waals surface area (Å²) < 4.78 is 39.3. The van der Waals surface area contributed by atoms with Crippen molar-refractivity contribution in [2.75, 3.05) is 11.9 Å². The summed E-state index contributed by atoms with van der Waals surface area (Å²) in [5.41, 5.74) is -1.41. The number of carboxylic acids is 1. The fourth-order valence-corrected chi connectivity index (χ4v) is 2.50. The van der Waals surface area contributed by atoms with E-state index in [9.17, 15) is 23.1 Å². The number of carboxylic acid groups (broad SMARTS) is 1. The van der Waals surface area contributed by atoms with E-state index in [-0.39, 0.29) is 25.1 Å². The molecule has 0 radical (unpaired) electrons. The Kier molecular flexibility index (Phi) is 4.41. The van der Waals surface area contributed by atoms with Crippen molar-refractivity contribution >= 4 is 11.7 Å². The summed E-state index contributed by atoms with van der Waals surface area (Å²) in [6, 6.07) is 1.12. The molecule has 4 nitrogen and oxygen atoms in total. The Morgan fingerprint density at radius 2 is 1.76 bits per heavy atom. The van der Waals surface area contributed by atoms with Crippen molar-refractivity contribution in [3.63, 3.8) is 0 Å². The molecule has 0 atom stereocenters. The molecule has 1 fully saturated rings. The number of carbonyl (C=O) groups is 1. The lowest BCUT2D eigenvalue weighted by Crippen LogP contribution is -2.42. The molecule has 0 spiro atoms. The van der Waals surface area contributed by atoms with E-state index < -0.39 is 34.9 Å². The predicted octanol–water partition coefficient (Wildman–Crippen LogP) is 2.52. The highest BCUT2D eigenvalue weighted by atomic mass is 19.2. The number of benzene rings is 1. The number of hydrogen-bond donors (Lipinski definition) is 3. The average molecular weight is 303 g/mol. The highest BCUT2D eigenvalue weighted by molar-refractivity contribution is 5.70. The van der Waals surface area contributed by atoms with Crippen molar-refractivity contribution in [3.05, 3.63) is 29.6 Å². The second kappa shape index (κ2) is 5.93. The SMILES string of the molecule is O=C(O)C1CCC(O)(CNc2cc(F)c(F)cc2F)CC1. The van der Waals surface area contributed by atoms with Crippen LogP contribution in [0.5, 0.6) is 0 Å². The minimum Gasteiger partial charge on any atom is -0.481 e. The third-order valence-corrected chi connectivity index (χ3v) is 3.88. The van der Waals surface area contributed by atoms with Crippen LogP contribution < -0.4 is 5.32 Å². The zero-order chi connectivity index (χ0) is 15.6. The molecule has 0 aromatic heterocycles. The third kappa shape index (κ3) is 3.66. The van der Waals surface area contributed by atoms with E-state index in [1.165, 1.54) is 0 Å². The Morgan fingerprint density at radius 3 is 2.33 bits per heavy atom. The minimum absolute atomic E-state index is 0.0542. The van der Waals surface area contributed by atoms with Gasteiger partial charge in [0.2, 0.25) is 0 Å². The molecule has 1 aliphatic carbocycles. The molecule has 3 N–H and O–H groups in total. The standard InChI is InChI=1S/C14H16F3NO3/c15-9-5-11(17)12(6-10(9)16)18-7-14(21)3-1-8(2-4-14)13(19)20/h5-6,8,18,21H,1-4,7H2,(H,19,20). The maximum Gasteiger partial charge on any atom is 0.306 e. The molecule has 1 aliphatic rings. The summed E-state index contributed by atoms with van der Waals surface area (Å²) in [4.78, 5) is 10.8. The molecule has 0 aliphatic heterocycles. The summed E-state index contributed by atoms with van der Waals surface area (Å²) in [7, 11) is 0. The summed E-state index contributed by atoms with van der Waals surface area (Å²) in [6.07, 6.45) is 1.16. The van der Waals surface area contributed by atoms with Crippen molar-refractivity contribution in [2.24, 2.45) is 5.92 Å². The van der Waals surface area contributed by atoms with E-state index in [4.69, 9.17) is 5.11 Å². The Morgan fingerprint density at radius 1 is 1.19 bits per heavy atom. The minimum atomic E-state index is -1.28. The van der Waals surface area contributed by atoms with Crippen molar-refractivity contribution in [1.82, 2.24) is 0 Å². The number of hydrogen-bond acceptors (Lipinski definition) is 3. The van der Waals surface area contributed by atoms with Crippen LogP contribution in [0.1, 0.15) is 25.7 Å². The fourth-order valence-electron chi connectivity index (χ4n) is 2.50. The third-order valence-electron chi connectivity index (χ3n) is 3.88. The van der Waals surface area contributed by atoms with Crippen molar-refractivity contribution < 1.29 is 28.2 Å². The number of aliphatic hydroxyl groups is 1. The largest absolute Gasteiger partial charge is 0.481 e. The van der Waals surface area contributed by atoms with Gasteiger partial charge < -0.3 is 15.5 Å². The average Bonchev–Trinajstić information content (AvgIpc) is 2.42. The second-order valence-corrected chi connectivity index (χ2v) is 5.44. The van der Waals surface area contributed by atoms with Gasteiger partial charge in [-0.3, -0.25) is 4.79 Å². The van der Waals surface area contributed by atoms with Gasteiger partial charge in [-0.2, -0.15) is 0 Å². The maximum absolute atomic E-state index is 13.4. The van der Waals surface area contributed by atoms with E-state index in [0.29, 0.717) is 25.0 Å². The Labute approximate surface area is 119 Å². The molecule has 1 aromatic rings. The molecule has 0 saturated heterocycles. The number of halogens is 3. The van der Waals surface area contributed by atoms with Gasteiger partial charge in [-0.15, -0.1) is 0 Å². The van der Waals surface area contributed by atoms with Gasteiger partial charge in [0.05, 0.1) is 17.2 Å². The lowest BCUT2D eigenvalue weighted by atomic mass is 9.79. The number of aliphatic carboxylic acids is 1. The predicted molar refractivity (Wildman–Crippen MR) is 69.3 cm³/mol. The topological polar surface area (TPSA) is 69.6 Å². The van der Waals surface area contributed by atoms with Crippen LogP contribution in [-0.2, 0) is 4.79 Å². The van der Waals surface area contributed by atoms with E-state index in [1.54, 1.807) is 0 Å². The first-order chi connectivity index (χ1) is 9.81. The fraction of sp³-hybridized carbons (Fsp3) is 0.500. The van der Waals surface area contributed by atoms with Crippen molar-refractivity contribution in [2.45, 2.75) is 31.3 Å². The first-order valence-corrected chi connectivity index (χ1v) is 6.64. The number of anilines is 1. The van der Waals surface area contributed by atoms with Crippen molar-refractivity contribution in [1.29, 1.82) is 0 Å². The molecule has 116 valence electrons. The highest BCUT2D eigenvalue weighted by Gasteiger charge is 2.35. The first kappa shape index (κ1) is 15.6. The van der Waals surface area contributed by atoms with E-state index >= 15 is 0 Å². The van der Waals surface area contributed by atoms with Gasteiger partial charge >= 0.3 is 5.97 Å². The molecule has 7 heteroatoms. The summed E-state index contributed by atoms with van der Waals surface area (Å²) >= 11 is 0. The zero-order valence-corrected chi connectivity index (χ0v) is 11.2. The molecule has 21 heavy (non-hydrogen) atoms. The molecule has 0 bridgehead atoms. The lowest BCUT2D eigenvalue weighted by Gasteiger charge is -2.35. The van der Waals surface area contributed by atoms with Gasteiger partial charge in [-0.1, -0.05) is 0 Å². The van der Waals surface area contributed by atoms with Gasteiger partial charge in [0.15, 0.2) is 11.6 Å². The number of nitrogens with one attached hydrogen (secondary N) is 1. The monoisotopic (exact) mass is 303 g/mol. The van der Waals surface area contributed by atoms with Crippen LogP contribution >= 0.6 is 0 Å². The number of rotatable bonds is 4. The lowest BCUT2D eigenvalue weighted by molar-refractivity contribution is -0.144. The van der Waals surface area contributed by atoms with Crippen LogP contribution in [0.4, 0.5) is 18.9 Å². The van der Waals surface area contributed by atoms with E-state index in [1.807, 2.05) is 0 Å². The van der Waals surface area contributed by atoms with Gasteiger partial charge in [0, 0.05) is 18.7 Å². The Balaban J connectivity index is 1.97. The molecular weight excluding hydrogens is 287 g/mol. The van der Waals surface area contributed by atoms with Crippen LogP contribution in [0.25, 0.3) is 0 Å². The molecule has 0 amide bonds. The first-order valence-electron chi connectivity index (χ1n) is 6.64. The van der Waals surface area contributed by atoms with Crippen LogP contribution in [0.3, 0.4) is 0 Å². The second-order valence-electron chi connectivity index (χ2n) is 5.44. The van der Waals surface area contributed by atoms with Crippen molar-refractivity contribution in [3.8, 4) is 0 Å². The maximum atomic E-state index is 13.4. The summed E-state index contributed by atoms with van der Waals surface area (Å²) in [5.74, 6) is -4.78. The molecule has 1 aromatic carbocycles. The van der Waals surface area contributed by atoms with Crippen LogP contribution in [-0.4, -0.2) is 28.3 Å². The summed E-state index contributed by atoms with van der Waals surface area (Å²) in [5, 5.41) is 21.7. The van der Waals surface area contributed by atoms with Crippen LogP contribution in [0.15, 0.2) is 12.1 Å². The zero-order valence-electron chi connectivity index (χ0n) is 11.2. The molecule has 0 unspecified atom stereocenters. The van der Waals surface area contributed by atoms with Crippen LogP contribution in [0.2, 0.25) is 0 Å². The molecular formula is C14H16F3NO3. The Hall–Kier alpha value is -1.76. The molecule has 2 rings (SSSR count). The molecule has 0 heterocycles. The van der Waals surface area contributed by atoms with Gasteiger partial charge in [0.25, 0.3) is 0 Å². The van der Waals surface area contributed by atoms with Gasteiger partial charge in [-0.25, -0.2) is 13.2 Å². The van der Waals surface area contributed by atoms with Gasteiger partial charge in [0.1, 0.15) is 5.82 Å². The molecule has 1 saturated carbocycles. The Bertz CT molecular complexity index is 543. The van der Waals surface area contributed by atoms with Crippen LogP contribution in [0, 0.1) is 23.4 Å². The normalized spacial score (nSPS) is 25.6. The van der Waals surface area contributed by atoms with E-state index in [2.05, 4.69) is 5.32 Å². The highest BCUT2D eigenvalue weighted by Crippen LogP contribution is 2.32.